The number of aromatic amines is 1. The van der Waals surface area contributed by atoms with Gasteiger partial charge in [0.2, 0.25) is 0 Å². The van der Waals surface area contributed by atoms with Gasteiger partial charge in [-0.15, -0.1) is 0 Å². The van der Waals surface area contributed by atoms with Gasteiger partial charge in [-0.3, -0.25) is 4.31 Å². The second kappa shape index (κ2) is 12.8. The van der Waals surface area contributed by atoms with Crippen molar-refractivity contribution in [3.63, 3.8) is 0 Å². The zero-order chi connectivity index (χ0) is 29.5. The predicted octanol–water partition coefficient (Wildman–Crippen LogP) is 4.34. The molecule has 0 saturated carbocycles. The third-order valence-electron chi connectivity index (χ3n) is 6.92. The molecule has 2 amide bonds. The highest BCUT2D eigenvalue weighted by Crippen LogP contribution is 2.28. The number of rotatable bonds is 9. The molecule has 0 unspecified atom stereocenters. The summed E-state index contributed by atoms with van der Waals surface area (Å²) in [4.78, 5) is 35.8. The molecule has 0 bridgehead atoms. The van der Waals surface area contributed by atoms with E-state index in [0.29, 0.717) is 55.4 Å². The van der Waals surface area contributed by atoms with E-state index >= 15 is 0 Å². The number of piperazine rings is 1. The Morgan fingerprint density at radius 2 is 1.64 bits per heavy atom. The normalized spacial score (nSPS) is 13.5. The molecule has 1 saturated heterocycles. The monoisotopic (exact) mass is 588 g/mol. The van der Waals surface area contributed by atoms with Crippen LogP contribution in [0, 0.1) is 0 Å². The Bertz CT molecular complexity index is 1590. The molecule has 0 atom stereocenters. The third-order valence-corrected chi connectivity index (χ3v) is 8.71. The van der Waals surface area contributed by atoms with E-state index in [0.717, 1.165) is 5.69 Å². The number of carbonyl (C=O) groups is 2. The van der Waals surface area contributed by atoms with Crippen LogP contribution >= 0.6 is 0 Å². The summed E-state index contributed by atoms with van der Waals surface area (Å²) in [5.74, 6) is -0.400. The van der Waals surface area contributed by atoms with E-state index in [2.05, 4.69) is 20.2 Å². The highest BCUT2D eigenvalue weighted by Gasteiger charge is 2.26. The van der Waals surface area contributed by atoms with Crippen LogP contribution in [0.15, 0.2) is 96.3 Å². The molecule has 5 rings (SSSR count). The summed E-state index contributed by atoms with van der Waals surface area (Å²) in [6, 6.07) is 22.1. The minimum absolute atomic E-state index is 0.107. The quantitative estimate of drug-likeness (QED) is 0.279. The van der Waals surface area contributed by atoms with Gasteiger partial charge >= 0.3 is 12.0 Å². The van der Waals surface area contributed by atoms with Gasteiger partial charge in [-0.2, -0.15) is 0 Å². The molecule has 1 fully saturated rings. The smallest absolute Gasteiger partial charge is 0.338 e. The molecule has 1 aromatic heterocycles. The lowest BCUT2D eigenvalue weighted by molar-refractivity contribution is 0.0526. The van der Waals surface area contributed by atoms with Gasteiger partial charge in [0.05, 0.1) is 41.3 Å². The number of sulfonamides is 1. The maximum atomic E-state index is 13.6. The first kappa shape index (κ1) is 28.7. The summed E-state index contributed by atoms with van der Waals surface area (Å²) in [6.45, 7) is 4.43. The molecule has 4 aromatic rings. The second-order valence-electron chi connectivity index (χ2n) is 9.62. The van der Waals surface area contributed by atoms with E-state index in [-0.39, 0.29) is 17.5 Å². The highest BCUT2D eigenvalue weighted by atomic mass is 32.2. The maximum Gasteiger partial charge on any atom is 0.338 e. The number of urea groups is 1. The van der Waals surface area contributed by atoms with Gasteiger partial charge in [-0.25, -0.2) is 23.0 Å². The summed E-state index contributed by atoms with van der Waals surface area (Å²) in [7, 11) is -3.82. The lowest BCUT2D eigenvalue weighted by atomic mass is 10.2. The highest BCUT2D eigenvalue weighted by molar-refractivity contribution is 7.92. The lowest BCUT2D eigenvalue weighted by Crippen LogP contribution is -2.50. The zero-order valence-corrected chi connectivity index (χ0v) is 24.0. The first-order valence-corrected chi connectivity index (χ1v) is 15.0. The number of nitrogens with one attached hydrogen (secondary N) is 2. The largest absolute Gasteiger partial charge is 0.462 e. The number of hydrogen-bond acceptors (Lipinski definition) is 7. The Morgan fingerprint density at radius 1 is 0.952 bits per heavy atom. The Hall–Kier alpha value is -4.84. The molecule has 2 N–H and O–H groups in total. The number of ether oxygens (including phenoxy) is 1. The van der Waals surface area contributed by atoms with Gasteiger partial charge in [0, 0.05) is 43.8 Å². The van der Waals surface area contributed by atoms with Crippen LogP contribution < -0.4 is 14.5 Å². The first-order valence-electron chi connectivity index (χ1n) is 13.6. The lowest BCUT2D eigenvalue weighted by Gasteiger charge is -2.36. The Labute approximate surface area is 244 Å². The molecule has 1 aliphatic heterocycles. The zero-order valence-electron chi connectivity index (χ0n) is 23.1. The van der Waals surface area contributed by atoms with E-state index in [1.807, 2.05) is 12.1 Å². The van der Waals surface area contributed by atoms with Crippen LogP contribution in [0.1, 0.15) is 23.0 Å². The van der Waals surface area contributed by atoms with Crippen LogP contribution in [-0.4, -0.2) is 68.1 Å². The van der Waals surface area contributed by atoms with E-state index in [1.54, 1.807) is 84.8 Å². The minimum Gasteiger partial charge on any atom is -0.462 e. The number of esters is 1. The molecule has 3 aromatic carbocycles. The summed E-state index contributed by atoms with van der Waals surface area (Å²) < 4.78 is 33.5. The second-order valence-corrected chi connectivity index (χ2v) is 11.5. The maximum absolute atomic E-state index is 13.6. The van der Waals surface area contributed by atoms with Crippen LogP contribution in [0.3, 0.4) is 0 Å². The Kier molecular flexibility index (Phi) is 8.72. The average Bonchev–Trinajstić information content (AvgIpc) is 3.54. The van der Waals surface area contributed by atoms with Crippen LogP contribution in [0.5, 0.6) is 0 Å². The standard InChI is InChI=1S/C30H32N6O5S/c1-2-41-29(37)23-8-10-24(11-9-23)33-30(38)35-18-16-34(17-19-35)26-12-14-27(15-13-26)36(21-25-20-31-22-32-25)42(39,40)28-6-4-3-5-7-28/h3-15,20,22H,2,16-19,21H2,1H3,(H,31,32)(H,33,38). The van der Waals surface area contributed by atoms with Crippen molar-refractivity contribution < 1.29 is 22.7 Å². The van der Waals surface area contributed by atoms with Crippen molar-refractivity contribution in [1.29, 1.82) is 0 Å². The van der Waals surface area contributed by atoms with Crippen molar-refractivity contribution >= 4 is 39.1 Å². The van der Waals surface area contributed by atoms with Crippen molar-refractivity contribution in [3.05, 3.63) is 103 Å². The minimum atomic E-state index is -3.82. The van der Waals surface area contributed by atoms with Crippen LogP contribution in [-0.2, 0) is 21.3 Å². The number of amides is 2. The van der Waals surface area contributed by atoms with E-state index < -0.39 is 16.0 Å². The van der Waals surface area contributed by atoms with Crippen molar-refractivity contribution in [3.8, 4) is 0 Å². The summed E-state index contributed by atoms with van der Waals surface area (Å²) >= 11 is 0. The fraction of sp³-hybridized carbons (Fsp3) is 0.233. The van der Waals surface area contributed by atoms with E-state index in [9.17, 15) is 18.0 Å². The van der Waals surface area contributed by atoms with Crippen molar-refractivity contribution in [2.24, 2.45) is 0 Å². The molecule has 0 spiro atoms. The van der Waals surface area contributed by atoms with Crippen molar-refractivity contribution in [2.45, 2.75) is 18.4 Å². The molecule has 12 heteroatoms. The molecule has 218 valence electrons. The van der Waals surface area contributed by atoms with Crippen LogP contribution in [0.2, 0.25) is 0 Å². The number of carbonyl (C=O) groups excluding carboxylic acids is 2. The summed E-state index contributed by atoms with van der Waals surface area (Å²) in [6.07, 6.45) is 3.13. The molecular formula is C30H32N6O5S. The molecule has 0 radical (unpaired) electrons. The Morgan fingerprint density at radius 3 is 2.26 bits per heavy atom. The van der Waals surface area contributed by atoms with Crippen molar-refractivity contribution in [1.82, 2.24) is 14.9 Å². The SMILES string of the molecule is CCOC(=O)c1ccc(NC(=O)N2CCN(c3ccc(N(Cc4cnc[nH]4)S(=O)(=O)c4ccccc4)cc3)CC2)cc1. The molecule has 11 nitrogen and oxygen atoms in total. The topological polar surface area (TPSA) is 128 Å². The van der Waals surface area contributed by atoms with E-state index in [4.69, 9.17) is 4.74 Å². The molecule has 0 aliphatic carbocycles. The average molecular weight is 589 g/mol. The fourth-order valence-corrected chi connectivity index (χ4v) is 6.13. The number of H-pyrrole nitrogens is 1. The molecule has 42 heavy (non-hydrogen) atoms. The van der Waals surface area contributed by atoms with Gasteiger partial charge in [0.15, 0.2) is 0 Å². The van der Waals surface area contributed by atoms with Crippen molar-refractivity contribution in [2.75, 3.05) is 47.3 Å². The summed E-state index contributed by atoms with van der Waals surface area (Å²) in [5.41, 5.74) is 3.16. The van der Waals surface area contributed by atoms with E-state index in [1.165, 1.54) is 10.6 Å². The van der Waals surface area contributed by atoms with Gasteiger partial charge < -0.3 is 24.8 Å². The number of benzene rings is 3. The first-order chi connectivity index (χ1) is 20.3. The van der Waals surface area contributed by atoms with Crippen LogP contribution in [0.25, 0.3) is 0 Å². The number of imidazole rings is 1. The number of nitrogens with zero attached hydrogens (tertiary/aromatic N) is 4. The summed E-state index contributed by atoms with van der Waals surface area (Å²) in [5, 5.41) is 2.88. The van der Waals surface area contributed by atoms with Gasteiger partial charge in [0.1, 0.15) is 0 Å². The fourth-order valence-electron chi connectivity index (χ4n) is 4.66. The third kappa shape index (κ3) is 6.55. The van der Waals surface area contributed by atoms with Gasteiger partial charge in [-0.05, 0) is 67.6 Å². The number of anilines is 3. The predicted molar refractivity (Wildman–Crippen MR) is 160 cm³/mol. The molecule has 1 aliphatic rings. The Balaban J connectivity index is 1.22. The molecule has 2 heterocycles. The van der Waals surface area contributed by atoms with Crippen LogP contribution in [0.4, 0.5) is 21.9 Å². The van der Waals surface area contributed by atoms with Gasteiger partial charge in [-0.1, -0.05) is 18.2 Å². The molecular weight excluding hydrogens is 556 g/mol. The number of hydrogen-bond donors (Lipinski definition) is 2. The number of aromatic nitrogens is 2. The van der Waals surface area contributed by atoms with Gasteiger partial charge in [0.25, 0.3) is 10.0 Å².